The van der Waals surface area contributed by atoms with E-state index < -0.39 is 0 Å². The minimum atomic E-state index is -0.0144. The van der Waals surface area contributed by atoms with Gasteiger partial charge in [0.05, 0.1) is 5.69 Å². The van der Waals surface area contributed by atoms with Gasteiger partial charge in [-0.25, -0.2) is 4.98 Å². The molecule has 0 atom stereocenters. The van der Waals surface area contributed by atoms with Crippen LogP contribution in [0.15, 0.2) is 10.9 Å². The molecule has 0 spiro atoms. The van der Waals surface area contributed by atoms with E-state index in [0.717, 1.165) is 18.1 Å². The lowest BCUT2D eigenvalue weighted by Crippen LogP contribution is -2.20. The first-order chi connectivity index (χ1) is 7.31. The molecule has 80 valence electrons. The highest BCUT2D eigenvalue weighted by molar-refractivity contribution is 5.10. The fraction of sp³-hybridized carbons (Fsp3) is 0.636. The van der Waals surface area contributed by atoms with E-state index in [4.69, 9.17) is 0 Å². The molecule has 2 saturated carbocycles. The van der Waals surface area contributed by atoms with Gasteiger partial charge in [-0.3, -0.25) is 4.79 Å². The Morgan fingerprint density at radius 1 is 1.40 bits per heavy atom. The zero-order valence-electron chi connectivity index (χ0n) is 8.62. The van der Waals surface area contributed by atoms with Crippen molar-refractivity contribution in [2.75, 3.05) is 0 Å². The lowest BCUT2D eigenvalue weighted by molar-refractivity contribution is 0.665. The molecule has 4 heteroatoms. The maximum Gasteiger partial charge on any atom is 0.251 e. The van der Waals surface area contributed by atoms with Gasteiger partial charge in [0.2, 0.25) is 0 Å². The molecule has 0 aliphatic heterocycles. The molecule has 2 aliphatic rings. The molecule has 0 radical (unpaired) electrons. The second-order valence-corrected chi connectivity index (χ2v) is 4.55. The number of hydrogen-bond donors (Lipinski definition) is 2. The summed E-state index contributed by atoms with van der Waals surface area (Å²) in [5.74, 6) is 1.40. The number of rotatable bonds is 4. The first-order valence-electron chi connectivity index (χ1n) is 5.65. The normalized spacial score (nSPS) is 20.5. The molecule has 0 aromatic carbocycles. The minimum absolute atomic E-state index is 0.0144. The van der Waals surface area contributed by atoms with Crippen LogP contribution in [0.5, 0.6) is 0 Å². The Morgan fingerprint density at radius 2 is 2.20 bits per heavy atom. The monoisotopic (exact) mass is 205 g/mol. The predicted molar refractivity (Wildman–Crippen MR) is 56.7 cm³/mol. The average molecular weight is 205 g/mol. The smallest absolute Gasteiger partial charge is 0.251 e. The number of H-pyrrole nitrogens is 1. The topological polar surface area (TPSA) is 57.8 Å². The molecule has 0 bridgehead atoms. The molecule has 1 aromatic heterocycles. The van der Waals surface area contributed by atoms with Gasteiger partial charge >= 0.3 is 0 Å². The first-order valence-corrected chi connectivity index (χ1v) is 5.65. The van der Waals surface area contributed by atoms with Crippen LogP contribution in [0.25, 0.3) is 0 Å². The summed E-state index contributed by atoms with van der Waals surface area (Å²) in [5, 5.41) is 3.37. The van der Waals surface area contributed by atoms with Crippen LogP contribution in [-0.2, 0) is 6.54 Å². The number of aromatic nitrogens is 2. The van der Waals surface area contributed by atoms with Crippen LogP contribution < -0.4 is 10.9 Å². The molecule has 3 rings (SSSR count). The van der Waals surface area contributed by atoms with Crippen molar-refractivity contribution in [2.45, 2.75) is 44.2 Å². The molecular formula is C11H15N3O. The van der Waals surface area contributed by atoms with Gasteiger partial charge in [-0.2, -0.15) is 0 Å². The van der Waals surface area contributed by atoms with Gasteiger partial charge in [0.1, 0.15) is 5.82 Å². The summed E-state index contributed by atoms with van der Waals surface area (Å²) in [7, 11) is 0. The summed E-state index contributed by atoms with van der Waals surface area (Å²) < 4.78 is 0. The van der Waals surface area contributed by atoms with Crippen LogP contribution in [0, 0.1) is 0 Å². The third-order valence-corrected chi connectivity index (χ3v) is 2.93. The molecule has 2 aliphatic carbocycles. The summed E-state index contributed by atoms with van der Waals surface area (Å²) in [6.45, 7) is 0.730. The number of nitrogens with zero attached hydrogens (tertiary/aromatic N) is 1. The fourth-order valence-electron chi connectivity index (χ4n) is 1.71. The molecule has 2 fully saturated rings. The van der Waals surface area contributed by atoms with E-state index in [1.54, 1.807) is 6.07 Å². The SMILES string of the molecule is O=c1cc(CNC2CC2)nc(C2CC2)[nH]1. The quantitative estimate of drug-likeness (QED) is 0.767. The highest BCUT2D eigenvalue weighted by atomic mass is 16.1. The second kappa shape index (κ2) is 3.45. The van der Waals surface area contributed by atoms with Gasteiger partial charge in [0.25, 0.3) is 5.56 Å². The molecule has 4 nitrogen and oxygen atoms in total. The van der Waals surface area contributed by atoms with Crippen LogP contribution >= 0.6 is 0 Å². The lowest BCUT2D eigenvalue weighted by atomic mass is 10.3. The maximum atomic E-state index is 11.4. The fourth-order valence-corrected chi connectivity index (χ4v) is 1.71. The van der Waals surface area contributed by atoms with Crippen molar-refractivity contribution >= 4 is 0 Å². The van der Waals surface area contributed by atoms with Crippen LogP contribution in [0.1, 0.15) is 43.1 Å². The van der Waals surface area contributed by atoms with Crippen molar-refractivity contribution in [3.05, 3.63) is 27.9 Å². The van der Waals surface area contributed by atoms with Crippen molar-refractivity contribution in [2.24, 2.45) is 0 Å². The number of aromatic amines is 1. The Bertz CT molecular complexity index is 418. The zero-order chi connectivity index (χ0) is 10.3. The average Bonchev–Trinajstić information content (AvgIpc) is 3.06. The number of hydrogen-bond acceptors (Lipinski definition) is 3. The molecule has 1 aromatic rings. The summed E-state index contributed by atoms with van der Waals surface area (Å²) in [6, 6.07) is 2.26. The van der Waals surface area contributed by atoms with Crippen LogP contribution in [-0.4, -0.2) is 16.0 Å². The van der Waals surface area contributed by atoms with E-state index in [0.29, 0.717) is 12.0 Å². The summed E-state index contributed by atoms with van der Waals surface area (Å²) in [5.41, 5.74) is 0.868. The van der Waals surface area contributed by atoms with E-state index in [1.165, 1.54) is 25.7 Å². The van der Waals surface area contributed by atoms with E-state index in [-0.39, 0.29) is 5.56 Å². The minimum Gasteiger partial charge on any atom is -0.310 e. The van der Waals surface area contributed by atoms with Crippen LogP contribution in [0.4, 0.5) is 0 Å². The lowest BCUT2D eigenvalue weighted by Gasteiger charge is -2.04. The molecule has 0 unspecified atom stereocenters. The predicted octanol–water partition coefficient (Wildman–Crippen LogP) is 0.899. The van der Waals surface area contributed by atoms with Crippen molar-refractivity contribution in [1.29, 1.82) is 0 Å². The van der Waals surface area contributed by atoms with E-state index in [9.17, 15) is 4.79 Å². The Kier molecular flexibility index (Phi) is 2.09. The standard InChI is InChI=1S/C11H15N3O/c15-10-5-9(6-12-8-3-4-8)13-11(14-10)7-1-2-7/h5,7-8,12H,1-4,6H2,(H,13,14,15). The zero-order valence-corrected chi connectivity index (χ0v) is 8.62. The first kappa shape index (κ1) is 9.09. The molecule has 1 heterocycles. The molecule has 2 N–H and O–H groups in total. The molecular weight excluding hydrogens is 190 g/mol. The van der Waals surface area contributed by atoms with Crippen LogP contribution in [0.3, 0.4) is 0 Å². The van der Waals surface area contributed by atoms with Crippen molar-refractivity contribution in [3.8, 4) is 0 Å². The van der Waals surface area contributed by atoms with E-state index >= 15 is 0 Å². The van der Waals surface area contributed by atoms with Crippen molar-refractivity contribution in [3.63, 3.8) is 0 Å². The van der Waals surface area contributed by atoms with E-state index in [2.05, 4.69) is 15.3 Å². The third-order valence-electron chi connectivity index (χ3n) is 2.93. The molecule has 15 heavy (non-hydrogen) atoms. The Morgan fingerprint density at radius 3 is 2.87 bits per heavy atom. The van der Waals surface area contributed by atoms with Gasteiger partial charge in [-0.1, -0.05) is 0 Å². The highest BCUT2D eigenvalue weighted by Crippen LogP contribution is 2.37. The highest BCUT2D eigenvalue weighted by Gasteiger charge is 2.26. The largest absolute Gasteiger partial charge is 0.310 e. The van der Waals surface area contributed by atoms with Crippen LogP contribution in [0.2, 0.25) is 0 Å². The van der Waals surface area contributed by atoms with Gasteiger partial charge < -0.3 is 10.3 Å². The third kappa shape index (κ3) is 2.26. The molecule has 0 amide bonds. The Balaban J connectivity index is 1.76. The second-order valence-electron chi connectivity index (χ2n) is 4.55. The van der Waals surface area contributed by atoms with Crippen molar-refractivity contribution < 1.29 is 0 Å². The summed E-state index contributed by atoms with van der Waals surface area (Å²) in [6.07, 6.45) is 4.86. The maximum absolute atomic E-state index is 11.4. The van der Waals surface area contributed by atoms with Crippen molar-refractivity contribution in [1.82, 2.24) is 15.3 Å². The Labute approximate surface area is 88.1 Å². The van der Waals surface area contributed by atoms with Gasteiger partial charge in [0, 0.05) is 24.6 Å². The summed E-state index contributed by atoms with van der Waals surface area (Å²) >= 11 is 0. The van der Waals surface area contributed by atoms with Gasteiger partial charge in [-0.15, -0.1) is 0 Å². The van der Waals surface area contributed by atoms with Gasteiger partial charge in [-0.05, 0) is 25.7 Å². The summed E-state index contributed by atoms with van der Waals surface area (Å²) in [4.78, 5) is 18.7. The molecule has 0 saturated heterocycles. The number of nitrogens with one attached hydrogen (secondary N) is 2. The van der Waals surface area contributed by atoms with E-state index in [1.807, 2.05) is 0 Å². The Hall–Kier alpha value is -1.16. The van der Waals surface area contributed by atoms with Gasteiger partial charge in [0.15, 0.2) is 0 Å².